The number of carbonyl (C=O) groups is 2. The quantitative estimate of drug-likeness (QED) is 0.607. The van der Waals surface area contributed by atoms with Crippen molar-refractivity contribution >= 4 is 28.7 Å². The number of carbonyl (C=O) groups excluding carboxylic acids is 1. The van der Waals surface area contributed by atoms with E-state index in [0.717, 1.165) is 11.8 Å². The van der Waals surface area contributed by atoms with Crippen molar-refractivity contribution in [3.05, 3.63) is 23.8 Å². The van der Waals surface area contributed by atoms with Crippen LogP contribution in [0.25, 0.3) is 0 Å². The molecule has 0 atom stereocenters. The lowest BCUT2D eigenvalue weighted by Crippen LogP contribution is -2.16. The number of thioether (sulfide) groups is 1. The molecule has 5 nitrogen and oxygen atoms in total. The predicted molar refractivity (Wildman–Crippen MR) is 62.8 cm³/mol. The molecule has 86 valence electrons. The van der Waals surface area contributed by atoms with Gasteiger partial charge in [-0.2, -0.15) is 0 Å². The fourth-order valence-electron chi connectivity index (χ4n) is 0.989. The average molecular weight is 240 g/mol. The van der Waals surface area contributed by atoms with Gasteiger partial charge in [-0.05, 0) is 30.0 Å². The standard InChI is InChI=1S/C10H12N2O3S/c1-12(2)10(15)16-8-4-3-6(11)5-7(8)9(13)14/h3-5H,11H2,1-2H3,(H,13,14). The molecule has 0 unspecified atom stereocenters. The van der Waals surface area contributed by atoms with Gasteiger partial charge in [-0.15, -0.1) is 0 Å². The first-order valence-electron chi connectivity index (χ1n) is 4.43. The fourth-order valence-corrected chi connectivity index (χ4v) is 1.75. The Bertz CT molecular complexity index is 432. The Labute approximate surface area is 97.2 Å². The van der Waals surface area contributed by atoms with E-state index in [-0.39, 0.29) is 10.8 Å². The molecule has 0 radical (unpaired) electrons. The minimum Gasteiger partial charge on any atom is -0.478 e. The highest BCUT2D eigenvalue weighted by molar-refractivity contribution is 8.13. The van der Waals surface area contributed by atoms with Gasteiger partial charge in [0, 0.05) is 24.7 Å². The van der Waals surface area contributed by atoms with Gasteiger partial charge < -0.3 is 15.7 Å². The first-order chi connectivity index (χ1) is 7.41. The molecule has 0 saturated heterocycles. The second kappa shape index (κ2) is 4.89. The highest BCUT2D eigenvalue weighted by Crippen LogP contribution is 2.26. The normalized spacial score (nSPS) is 9.88. The predicted octanol–water partition coefficient (Wildman–Crippen LogP) is 1.74. The largest absolute Gasteiger partial charge is 0.478 e. The number of benzene rings is 1. The van der Waals surface area contributed by atoms with Crippen LogP contribution in [-0.4, -0.2) is 35.3 Å². The Morgan fingerprint density at radius 2 is 2.00 bits per heavy atom. The van der Waals surface area contributed by atoms with Gasteiger partial charge >= 0.3 is 5.97 Å². The summed E-state index contributed by atoms with van der Waals surface area (Å²) in [6, 6.07) is 4.44. The molecule has 1 amide bonds. The number of aromatic carboxylic acids is 1. The van der Waals surface area contributed by atoms with Crippen LogP contribution in [0.2, 0.25) is 0 Å². The molecule has 0 aliphatic heterocycles. The van der Waals surface area contributed by atoms with Crippen molar-refractivity contribution in [1.82, 2.24) is 4.90 Å². The molecule has 0 aromatic heterocycles. The number of nitrogens with two attached hydrogens (primary N) is 1. The summed E-state index contributed by atoms with van der Waals surface area (Å²) in [6.07, 6.45) is 0. The van der Waals surface area contributed by atoms with Gasteiger partial charge in [0.2, 0.25) is 0 Å². The maximum Gasteiger partial charge on any atom is 0.336 e. The van der Waals surface area contributed by atoms with Crippen molar-refractivity contribution in [3.63, 3.8) is 0 Å². The van der Waals surface area contributed by atoms with E-state index < -0.39 is 5.97 Å². The Kier molecular flexibility index (Phi) is 3.78. The van der Waals surface area contributed by atoms with Crippen LogP contribution in [0.15, 0.2) is 23.1 Å². The molecule has 6 heteroatoms. The molecule has 3 N–H and O–H groups in total. The van der Waals surface area contributed by atoms with E-state index in [0.29, 0.717) is 10.6 Å². The van der Waals surface area contributed by atoms with E-state index in [2.05, 4.69) is 0 Å². The smallest absolute Gasteiger partial charge is 0.336 e. The molecule has 1 aromatic rings. The summed E-state index contributed by atoms with van der Waals surface area (Å²) in [5, 5.41) is 8.72. The number of carboxylic acid groups (broad SMARTS) is 1. The molecule has 0 aliphatic rings. The molecule has 0 bridgehead atoms. The molecule has 16 heavy (non-hydrogen) atoms. The third kappa shape index (κ3) is 2.90. The molecular formula is C10H12N2O3S. The van der Waals surface area contributed by atoms with Crippen LogP contribution in [0.1, 0.15) is 10.4 Å². The first kappa shape index (κ1) is 12.4. The molecule has 0 fully saturated rings. The number of nitrogen functional groups attached to an aromatic ring is 1. The lowest BCUT2D eigenvalue weighted by molar-refractivity contribution is 0.0693. The van der Waals surface area contributed by atoms with Gasteiger partial charge in [-0.3, -0.25) is 4.79 Å². The summed E-state index contributed by atoms with van der Waals surface area (Å²) in [5.41, 5.74) is 5.89. The van der Waals surface area contributed by atoms with E-state index in [4.69, 9.17) is 10.8 Å². The highest BCUT2D eigenvalue weighted by Gasteiger charge is 2.15. The molecule has 0 saturated carbocycles. The van der Waals surface area contributed by atoms with Crippen LogP contribution in [0.5, 0.6) is 0 Å². The second-order valence-electron chi connectivity index (χ2n) is 3.32. The van der Waals surface area contributed by atoms with Gasteiger partial charge in [0.25, 0.3) is 5.24 Å². The van der Waals surface area contributed by atoms with Gasteiger partial charge in [0.15, 0.2) is 0 Å². The Morgan fingerprint density at radius 1 is 1.38 bits per heavy atom. The zero-order valence-corrected chi connectivity index (χ0v) is 9.75. The van der Waals surface area contributed by atoms with Crippen LogP contribution < -0.4 is 5.73 Å². The number of nitrogens with zero attached hydrogens (tertiary/aromatic N) is 1. The second-order valence-corrected chi connectivity index (χ2v) is 4.32. The van der Waals surface area contributed by atoms with Crippen molar-refractivity contribution in [2.45, 2.75) is 4.90 Å². The summed E-state index contributed by atoms with van der Waals surface area (Å²) in [6.45, 7) is 0. The zero-order valence-electron chi connectivity index (χ0n) is 8.93. The van der Waals surface area contributed by atoms with Gasteiger partial charge in [-0.25, -0.2) is 4.79 Å². The van der Waals surface area contributed by atoms with Crippen LogP contribution in [0, 0.1) is 0 Å². The van der Waals surface area contributed by atoms with Crippen LogP contribution in [0.3, 0.4) is 0 Å². The molecule has 0 heterocycles. The average Bonchev–Trinajstić information content (AvgIpc) is 2.20. The van der Waals surface area contributed by atoms with Gasteiger partial charge in [0.1, 0.15) is 0 Å². The lowest BCUT2D eigenvalue weighted by atomic mass is 10.2. The van der Waals surface area contributed by atoms with E-state index in [1.165, 1.54) is 17.0 Å². The molecule has 0 aliphatic carbocycles. The number of amides is 1. The van der Waals surface area contributed by atoms with Gasteiger partial charge in [0.05, 0.1) is 5.56 Å². The minimum atomic E-state index is -1.10. The van der Waals surface area contributed by atoms with Crippen molar-refractivity contribution in [1.29, 1.82) is 0 Å². The number of hydrogen-bond donors (Lipinski definition) is 2. The topological polar surface area (TPSA) is 83.6 Å². The Morgan fingerprint density at radius 3 is 2.50 bits per heavy atom. The third-order valence-corrected chi connectivity index (χ3v) is 2.91. The number of hydrogen-bond acceptors (Lipinski definition) is 4. The lowest BCUT2D eigenvalue weighted by Gasteiger charge is -2.10. The Hall–Kier alpha value is -1.69. The summed E-state index contributed by atoms with van der Waals surface area (Å²) >= 11 is 0.866. The van der Waals surface area contributed by atoms with E-state index >= 15 is 0 Å². The molecular weight excluding hydrogens is 228 g/mol. The summed E-state index contributed by atoms with van der Waals surface area (Å²) in [7, 11) is 3.21. The van der Waals surface area contributed by atoms with Crippen LogP contribution >= 0.6 is 11.8 Å². The third-order valence-electron chi connectivity index (χ3n) is 1.80. The molecule has 1 aromatic carbocycles. The zero-order chi connectivity index (χ0) is 12.3. The van der Waals surface area contributed by atoms with E-state index in [1.807, 2.05) is 0 Å². The first-order valence-corrected chi connectivity index (χ1v) is 5.25. The van der Waals surface area contributed by atoms with Gasteiger partial charge in [-0.1, -0.05) is 0 Å². The summed E-state index contributed by atoms with van der Waals surface area (Å²) < 4.78 is 0. The maximum absolute atomic E-state index is 11.4. The number of rotatable bonds is 2. The number of carboxylic acids is 1. The Balaban J connectivity index is 3.04. The van der Waals surface area contributed by atoms with E-state index in [9.17, 15) is 9.59 Å². The van der Waals surface area contributed by atoms with E-state index in [1.54, 1.807) is 20.2 Å². The van der Waals surface area contributed by atoms with Crippen molar-refractivity contribution in [2.24, 2.45) is 0 Å². The van der Waals surface area contributed by atoms with Crippen molar-refractivity contribution in [3.8, 4) is 0 Å². The van der Waals surface area contributed by atoms with Crippen molar-refractivity contribution < 1.29 is 14.7 Å². The monoisotopic (exact) mass is 240 g/mol. The van der Waals surface area contributed by atoms with Crippen LogP contribution in [-0.2, 0) is 0 Å². The molecule has 0 spiro atoms. The number of anilines is 1. The fraction of sp³-hybridized carbons (Fsp3) is 0.200. The molecule has 1 rings (SSSR count). The summed E-state index contributed by atoms with van der Waals surface area (Å²) in [4.78, 5) is 24.1. The summed E-state index contributed by atoms with van der Waals surface area (Å²) in [5.74, 6) is -1.10. The minimum absolute atomic E-state index is 0.0419. The van der Waals surface area contributed by atoms with Crippen molar-refractivity contribution in [2.75, 3.05) is 19.8 Å². The van der Waals surface area contributed by atoms with Crippen LogP contribution in [0.4, 0.5) is 10.5 Å². The SMILES string of the molecule is CN(C)C(=O)Sc1ccc(N)cc1C(=O)O. The maximum atomic E-state index is 11.4. The highest BCUT2D eigenvalue weighted by atomic mass is 32.2.